The van der Waals surface area contributed by atoms with Gasteiger partial charge in [0.05, 0.1) is 9.77 Å². The molecule has 1 saturated heterocycles. The van der Waals surface area contributed by atoms with Gasteiger partial charge in [-0.2, -0.15) is 4.31 Å². The van der Waals surface area contributed by atoms with E-state index in [1.165, 1.54) is 46.0 Å². The van der Waals surface area contributed by atoms with E-state index in [9.17, 15) is 17.6 Å². The van der Waals surface area contributed by atoms with Gasteiger partial charge in [0.1, 0.15) is 5.82 Å². The van der Waals surface area contributed by atoms with Crippen LogP contribution in [-0.4, -0.2) is 49.7 Å². The molecule has 1 aliphatic rings. The molecule has 146 valence electrons. The Hall–Kier alpha value is -2.00. The highest BCUT2D eigenvalue weighted by atomic mass is 35.5. The molecule has 0 bridgehead atoms. The van der Waals surface area contributed by atoms with Crippen molar-refractivity contribution in [2.45, 2.75) is 4.90 Å². The molecule has 1 fully saturated rings. The molecule has 0 radical (unpaired) electrons. The van der Waals surface area contributed by atoms with Gasteiger partial charge < -0.3 is 4.90 Å². The zero-order valence-electron chi connectivity index (χ0n) is 14.6. The van der Waals surface area contributed by atoms with Crippen molar-refractivity contribution < 1.29 is 17.6 Å². The first kappa shape index (κ1) is 19.3. The number of benzene rings is 2. The van der Waals surface area contributed by atoms with Gasteiger partial charge in [-0.15, -0.1) is 11.3 Å². The fourth-order valence-corrected chi connectivity index (χ4v) is 5.77. The first-order valence-electron chi connectivity index (χ1n) is 8.59. The summed E-state index contributed by atoms with van der Waals surface area (Å²) in [5.74, 6) is -0.559. The van der Waals surface area contributed by atoms with Crippen LogP contribution in [0.4, 0.5) is 4.39 Å². The highest BCUT2D eigenvalue weighted by molar-refractivity contribution is 7.89. The molecule has 28 heavy (non-hydrogen) atoms. The van der Waals surface area contributed by atoms with Gasteiger partial charge >= 0.3 is 0 Å². The summed E-state index contributed by atoms with van der Waals surface area (Å²) in [5.41, 5.74) is 0. The lowest BCUT2D eigenvalue weighted by atomic mass is 10.2. The maximum atomic E-state index is 13.9. The first-order valence-corrected chi connectivity index (χ1v) is 11.2. The summed E-state index contributed by atoms with van der Waals surface area (Å²) in [6.45, 7) is 0.969. The predicted molar refractivity (Wildman–Crippen MR) is 108 cm³/mol. The van der Waals surface area contributed by atoms with Crippen molar-refractivity contribution in [3.8, 4) is 0 Å². The number of piperazine rings is 1. The van der Waals surface area contributed by atoms with Crippen LogP contribution in [-0.2, 0) is 10.0 Å². The molecule has 4 rings (SSSR count). The van der Waals surface area contributed by atoms with Crippen molar-refractivity contribution in [1.29, 1.82) is 0 Å². The van der Waals surface area contributed by atoms with Crippen molar-refractivity contribution in [2.75, 3.05) is 26.2 Å². The van der Waals surface area contributed by atoms with E-state index in [0.717, 1.165) is 0 Å². The molecule has 2 aromatic carbocycles. The molecule has 3 aromatic rings. The normalized spacial score (nSPS) is 15.9. The van der Waals surface area contributed by atoms with Crippen LogP contribution in [0.1, 0.15) is 9.67 Å². The van der Waals surface area contributed by atoms with Crippen molar-refractivity contribution in [3.63, 3.8) is 0 Å². The standard InChI is InChI=1S/C19H16ClFN2O3S2/c20-13-4-6-14(7-5-13)28(25,26)23-10-8-22(9-11-23)19(24)18-12-15-16(21)2-1-3-17(15)27-18/h1-7,12H,8-11H2. The van der Waals surface area contributed by atoms with Crippen molar-refractivity contribution >= 4 is 49.0 Å². The lowest BCUT2D eigenvalue weighted by Crippen LogP contribution is -2.50. The number of carbonyl (C=O) groups is 1. The van der Waals surface area contributed by atoms with Gasteiger partial charge in [0.15, 0.2) is 0 Å². The SMILES string of the molecule is O=C(c1cc2c(F)cccc2s1)N1CCN(S(=O)(=O)c2ccc(Cl)cc2)CC1. The second-order valence-corrected chi connectivity index (χ2v) is 9.87. The van der Waals surface area contributed by atoms with E-state index < -0.39 is 10.0 Å². The topological polar surface area (TPSA) is 57.7 Å². The van der Waals surface area contributed by atoms with Crippen LogP contribution >= 0.6 is 22.9 Å². The van der Waals surface area contributed by atoms with E-state index >= 15 is 0 Å². The number of hydrogen-bond donors (Lipinski definition) is 0. The third kappa shape index (κ3) is 3.53. The number of thiophene rings is 1. The minimum absolute atomic E-state index is 0.177. The molecule has 5 nitrogen and oxygen atoms in total. The van der Waals surface area contributed by atoms with Crippen LogP contribution in [0.25, 0.3) is 10.1 Å². The molecule has 1 amide bonds. The van der Waals surface area contributed by atoms with Crippen LogP contribution < -0.4 is 0 Å². The average Bonchev–Trinajstić information content (AvgIpc) is 3.14. The number of fused-ring (bicyclic) bond motifs is 1. The Bertz CT molecular complexity index is 1140. The molecular formula is C19H16ClFN2O3S2. The van der Waals surface area contributed by atoms with Crippen molar-refractivity contribution in [1.82, 2.24) is 9.21 Å². The Morgan fingerprint density at radius 3 is 2.36 bits per heavy atom. The summed E-state index contributed by atoms with van der Waals surface area (Å²) < 4.78 is 41.4. The quantitative estimate of drug-likeness (QED) is 0.624. The molecule has 1 aliphatic heterocycles. The second-order valence-electron chi connectivity index (χ2n) is 6.41. The van der Waals surface area contributed by atoms with E-state index in [1.807, 2.05) is 0 Å². The summed E-state index contributed by atoms with van der Waals surface area (Å²) >= 11 is 7.07. The fourth-order valence-electron chi connectivity index (χ4n) is 3.17. The van der Waals surface area contributed by atoms with Crippen molar-refractivity contribution in [3.05, 3.63) is 64.2 Å². The van der Waals surface area contributed by atoms with Crippen LogP contribution in [0.5, 0.6) is 0 Å². The number of rotatable bonds is 3. The lowest BCUT2D eigenvalue weighted by molar-refractivity contribution is 0.0703. The Morgan fingerprint density at radius 2 is 1.71 bits per heavy atom. The number of hydrogen-bond acceptors (Lipinski definition) is 4. The van der Waals surface area contributed by atoms with Crippen LogP contribution in [0.15, 0.2) is 53.4 Å². The van der Waals surface area contributed by atoms with E-state index in [-0.39, 0.29) is 42.8 Å². The zero-order chi connectivity index (χ0) is 19.9. The van der Waals surface area contributed by atoms with Gasteiger partial charge in [0.25, 0.3) is 5.91 Å². The molecule has 9 heteroatoms. The van der Waals surface area contributed by atoms with E-state index in [2.05, 4.69) is 0 Å². The Labute approximate surface area is 171 Å². The van der Waals surface area contributed by atoms with Gasteiger partial charge in [0, 0.05) is 41.3 Å². The summed E-state index contributed by atoms with van der Waals surface area (Å²) in [4.78, 5) is 15.0. The van der Waals surface area contributed by atoms with Crippen LogP contribution in [0, 0.1) is 5.82 Å². The maximum Gasteiger partial charge on any atom is 0.264 e. The molecule has 1 aromatic heterocycles. The average molecular weight is 439 g/mol. The predicted octanol–water partition coefficient (Wildman–Crippen LogP) is 3.84. The zero-order valence-corrected chi connectivity index (χ0v) is 17.0. The molecule has 0 N–H and O–H groups in total. The Balaban J connectivity index is 1.48. The van der Waals surface area contributed by atoms with Gasteiger partial charge in [-0.1, -0.05) is 17.7 Å². The fraction of sp³-hybridized carbons (Fsp3) is 0.211. The first-order chi connectivity index (χ1) is 13.4. The number of sulfonamides is 1. The molecule has 0 atom stereocenters. The minimum atomic E-state index is -3.63. The number of carbonyl (C=O) groups excluding carboxylic acids is 1. The molecule has 0 unspecified atom stereocenters. The maximum absolute atomic E-state index is 13.9. The monoisotopic (exact) mass is 438 g/mol. The number of nitrogens with zero attached hydrogens (tertiary/aromatic N) is 2. The molecule has 0 aliphatic carbocycles. The molecular weight excluding hydrogens is 423 g/mol. The molecule has 0 spiro atoms. The second kappa shape index (κ2) is 7.44. The van der Waals surface area contributed by atoms with Crippen molar-refractivity contribution in [2.24, 2.45) is 0 Å². The summed E-state index contributed by atoms with van der Waals surface area (Å²) in [5, 5.41) is 0.897. The van der Waals surface area contributed by atoms with Crippen LogP contribution in [0.3, 0.4) is 0 Å². The summed E-state index contributed by atoms with van der Waals surface area (Å²) in [7, 11) is -3.63. The molecule has 0 saturated carbocycles. The van der Waals surface area contributed by atoms with Gasteiger partial charge in [-0.25, -0.2) is 12.8 Å². The highest BCUT2D eigenvalue weighted by Gasteiger charge is 2.31. The smallest absolute Gasteiger partial charge is 0.264 e. The third-order valence-electron chi connectivity index (χ3n) is 4.70. The minimum Gasteiger partial charge on any atom is -0.335 e. The Morgan fingerprint density at radius 1 is 1.04 bits per heavy atom. The Kier molecular flexibility index (Phi) is 5.13. The van der Waals surface area contributed by atoms with Crippen LogP contribution in [0.2, 0.25) is 5.02 Å². The van der Waals surface area contributed by atoms with Gasteiger partial charge in [-0.3, -0.25) is 4.79 Å². The van der Waals surface area contributed by atoms with E-state index in [0.29, 0.717) is 20.0 Å². The number of amides is 1. The largest absolute Gasteiger partial charge is 0.335 e. The highest BCUT2D eigenvalue weighted by Crippen LogP contribution is 2.29. The van der Waals surface area contributed by atoms with Gasteiger partial charge in [0.2, 0.25) is 10.0 Å². The summed E-state index contributed by atoms with van der Waals surface area (Å²) in [6.07, 6.45) is 0. The molecule has 2 heterocycles. The number of halogens is 2. The van der Waals surface area contributed by atoms with E-state index in [4.69, 9.17) is 11.6 Å². The van der Waals surface area contributed by atoms with E-state index in [1.54, 1.807) is 23.1 Å². The third-order valence-corrected chi connectivity index (χ3v) is 7.95. The van der Waals surface area contributed by atoms with Gasteiger partial charge in [-0.05, 0) is 42.5 Å². The lowest BCUT2D eigenvalue weighted by Gasteiger charge is -2.33. The summed E-state index contributed by atoms with van der Waals surface area (Å²) in [6, 6.07) is 12.3.